The molecular formula is C17H21N3O. The fourth-order valence-electron chi connectivity index (χ4n) is 2.21. The van der Waals surface area contributed by atoms with Gasteiger partial charge in [-0.1, -0.05) is 30.3 Å². The minimum atomic E-state index is -0.0237. The fourth-order valence-corrected chi connectivity index (χ4v) is 2.21. The monoisotopic (exact) mass is 283 g/mol. The molecular weight excluding hydrogens is 262 g/mol. The van der Waals surface area contributed by atoms with Crippen LogP contribution in [0.5, 0.6) is 0 Å². The maximum absolute atomic E-state index is 12.1. The van der Waals surface area contributed by atoms with E-state index < -0.39 is 0 Å². The van der Waals surface area contributed by atoms with Gasteiger partial charge in [-0.25, -0.2) is 0 Å². The summed E-state index contributed by atoms with van der Waals surface area (Å²) in [4.78, 5) is 15.7. The van der Waals surface area contributed by atoms with E-state index in [0.29, 0.717) is 11.3 Å². The van der Waals surface area contributed by atoms with E-state index >= 15 is 0 Å². The minimum Gasteiger partial charge on any atom is -0.397 e. The van der Waals surface area contributed by atoms with Crippen LogP contribution in [0.4, 0.5) is 11.4 Å². The zero-order chi connectivity index (χ0) is 15.4. The lowest BCUT2D eigenvalue weighted by molar-refractivity contribution is 0.0827. The molecule has 2 aromatic carbocycles. The average molecular weight is 283 g/mol. The standard InChI is InChI=1S/C17H21N3O/c1-19(2)17(21)14-9-10-15(18)16(11-14)20(3)12-13-7-5-4-6-8-13/h4-11H,12,18H2,1-3H3. The normalized spacial score (nSPS) is 10.2. The van der Waals surface area contributed by atoms with E-state index in [1.807, 2.05) is 31.3 Å². The van der Waals surface area contributed by atoms with Crippen molar-refractivity contribution in [2.75, 3.05) is 31.8 Å². The van der Waals surface area contributed by atoms with Crippen molar-refractivity contribution in [3.05, 3.63) is 59.7 Å². The first-order chi connectivity index (χ1) is 9.99. The van der Waals surface area contributed by atoms with Gasteiger partial charge in [-0.15, -0.1) is 0 Å². The van der Waals surface area contributed by atoms with Gasteiger partial charge in [-0.05, 0) is 23.8 Å². The van der Waals surface area contributed by atoms with Crippen LogP contribution in [0.2, 0.25) is 0 Å². The molecule has 0 aliphatic carbocycles. The van der Waals surface area contributed by atoms with E-state index in [9.17, 15) is 4.79 Å². The van der Waals surface area contributed by atoms with Crippen molar-refractivity contribution in [3.63, 3.8) is 0 Å². The highest BCUT2D eigenvalue weighted by Gasteiger charge is 2.12. The third-order valence-corrected chi connectivity index (χ3v) is 3.36. The van der Waals surface area contributed by atoms with Gasteiger partial charge in [0.05, 0.1) is 11.4 Å². The average Bonchev–Trinajstić information content (AvgIpc) is 2.47. The summed E-state index contributed by atoms with van der Waals surface area (Å²) in [5.41, 5.74) is 9.43. The lowest BCUT2D eigenvalue weighted by atomic mass is 10.1. The van der Waals surface area contributed by atoms with Crippen molar-refractivity contribution in [1.82, 2.24) is 4.90 Å². The number of nitrogen functional groups attached to an aromatic ring is 1. The lowest BCUT2D eigenvalue weighted by Crippen LogP contribution is -2.23. The smallest absolute Gasteiger partial charge is 0.253 e. The number of nitrogens with zero attached hydrogens (tertiary/aromatic N) is 2. The van der Waals surface area contributed by atoms with Gasteiger partial charge in [0.25, 0.3) is 5.91 Å². The molecule has 0 saturated carbocycles. The van der Waals surface area contributed by atoms with Crippen molar-refractivity contribution in [2.24, 2.45) is 0 Å². The van der Waals surface area contributed by atoms with Gasteiger partial charge in [0.1, 0.15) is 0 Å². The number of benzene rings is 2. The SMILES string of the molecule is CN(C)C(=O)c1ccc(N)c(N(C)Cc2ccccc2)c1. The van der Waals surface area contributed by atoms with E-state index in [2.05, 4.69) is 17.0 Å². The summed E-state index contributed by atoms with van der Waals surface area (Å²) in [6.45, 7) is 0.741. The number of carbonyl (C=O) groups is 1. The molecule has 0 heterocycles. The first-order valence-corrected chi connectivity index (χ1v) is 6.85. The predicted octanol–water partition coefficient (Wildman–Crippen LogP) is 2.61. The van der Waals surface area contributed by atoms with E-state index in [1.165, 1.54) is 5.56 Å². The number of amides is 1. The number of nitrogens with two attached hydrogens (primary N) is 1. The van der Waals surface area contributed by atoms with Crippen LogP contribution in [0.3, 0.4) is 0 Å². The molecule has 4 nitrogen and oxygen atoms in total. The molecule has 0 radical (unpaired) electrons. The topological polar surface area (TPSA) is 49.6 Å². The molecule has 0 spiro atoms. The number of hydrogen-bond donors (Lipinski definition) is 1. The number of hydrogen-bond acceptors (Lipinski definition) is 3. The first kappa shape index (κ1) is 14.9. The zero-order valence-corrected chi connectivity index (χ0v) is 12.7. The van der Waals surface area contributed by atoms with Crippen molar-refractivity contribution < 1.29 is 4.79 Å². The third kappa shape index (κ3) is 3.54. The second-order valence-electron chi connectivity index (χ2n) is 5.31. The molecule has 0 fully saturated rings. The van der Waals surface area contributed by atoms with Gasteiger partial charge in [0.2, 0.25) is 0 Å². The molecule has 0 unspecified atom stereocenters. The predicted molar refractivity (Wildman–Crippen MR) is 87.4 cm³/mol. The zero-order valence-electron chi connectivity index (χ0n) is 12.7. The molecule has 0 aliphatic rings. The van der Waals surface area contributed by atoms with Gasteiger partial charge in [0, 0.05) is 33.3 Å². The highest BCUT2D eigenvalue weighted by Crippen LogP contribution is 2.25. The van der Waals surface area contributed by atoms with E-state index in [0.717, 1.165) is 12.2 Å². The van der Waals surface area contributed by atoms with Gasteiger partial charge < -0.3 is 15.5 Å². The van der Waals surface area contributed by atoms with Crippen LogP contribution in [-0.4, -0.2) is 32.0 Å². The molecule has 2 rings (SSSR count). The van der Waals surface area contributed by atoms with Crippen LogP contribution in [0, 0.1) is 0 Å². The Labute approximate surface area is 125 Å². The van der Waals surface area contributed by atoms with Crippen LogP contribution in [-0.2, 0) is 6.54 Å². The van der Waals surface area contributed by atoms with Crippen LogP contribution in [0.1, 0.15) is 15.9 Å². The van der Waals surface area contributed by atoms with Gasteiger partial charge in [-0.2, -0.15) is 0 Å². The highest BCUT2D eigenvalue weighted by molar-refractivity contribution is 5.96. The Balaban J connectivity index is 2.26. The molecule has 1 amide bonds. The first-order valence-electron chi connectivity index (χ1n) is 6.85. The molecule has 2 aromatic rings. The fraction of sp³-hybridized carbons (Fsp3) is 0.235. The summed E-state index contributed by atoms with van der Waals surface area (Å²) in [6, 6.07) is 15.6. The van der Waals surface area contributed by atoms with E-state index in [4.69, 9.17) is 5.73 Å². The van der Waals surface area contributed by atoms with Crippen LogP contribution in [0.15, 0.2) is 48.5 Å². The van der Waals surface area contributed by atoms with Gasteiger partial charge >= 0.3 is 0 Å². The second kappa shape index (κ2) is 6.31. The van der Waals surface area contributed by atoms with E-state index in [-0.39, 0.29) is 5.91 Å². The Bertz CT molecular complexity index is 623. The summed E-state index contributed by atoms with van der Waals surface area (Å²) in [6.07, 6.45) is 0. The number of rotatable bonds is 4. The maximum atomic E-state index is 12.1. The molecule has 0 bridgehead atoms. The van der Waals surface area contributed by atoms with Crippen molar-refractivity contribution >= 4 is 17.3 Å². The minimum absolute atomic E-state index is 0.0237. The van der Waals surface area contributed by atoms with Crippen molar-refractivity contribution in [2.45, 2.75) is 6.54 Å². The molecule has 21 heavy (non-hydrogen) atoms. The molecule has 110 valence electrons. The van der Waals surface area contributed by atoms with Crippen LogP contribution >= 0.6 is 0 Å². The maximum Gasteiger partial charge on any atom is 0.253 e. The van der Waals surface area contributed by atoms with Gasteiger partial charge in [0.15, 0.2) is 0 Å². The Hall–Kier alpha value is -2.49. The molecule has 0 aliphatic heterocycles. The lowest BCUT2D eigenvalue weighted by Gasteiger charge is -2.22. The molecule has 0 aromatic heterocycles. The summed E-state index contributed by atoms with van der Waals surface area (Å²) < 4.78 is 0. The molecule has 0 saturated heterocycles. The summed E-state index contributed by atoms with van der Waals surface area (Å²) in [5.74, 6) is -0.0237. The molecule has 2 N–H and O–H groups in total. The Morgan fingerprint density at radius 1 is 1.05 bits per heavy atom. The largest absolute Gasteiger partial charge is 0.397 e. The summed E-state index contributed by atoms with van der Waals surface area (Å²) in [5, 5.41) is 0. The number of carbonyl (C=O) groups excluding carboxylic acids is 1. The quantitative estimate of drug-likeness (QED) is 0.878. The van der Waals surface area contributed by atoms with Crippen molar-refractivity contribution in [3.8, 4) is 0 Å². The molecule has 4 heteroatoms. The molecule has 0 atom stereocenters. The van der Waals surface area contributed by atoms with Crippen LogP contribution < -0.4 is 10.6 Å². The second-order valence-corrected chi connectivity index (χ2v) is 5.31. The third-order valence-electron chi connectivity index (χ3n) is 3.36. The summed E-state index contributed by atoms with van der Waals surface area (Å²) in [7, 11) is 5.46. The van der Waals surface area contributed by atoms with Crippen LogP contribution in [0.25, 0.3) is 0 Å². The van der Waals surface area contributed by atoms with E-state index in [1.54, 1.807) is 31.1 Å². The van der Waals surface area contributed by atoms with Gasteiger partial charge in [-0.3, -0.25) is 4.79 Å². The Morgan fingerprint density at radius 3 is 2.33 bits per heavy atom. The number of anilines is 2. The Kier molecular flexibility index (Phi) is 4.48. The highest BCUT2D eigenvalue weighted by atomic mass is 16.2. The summed E-state index contributed by atoms with van der Waals surface area (Å²) >= 11 is 0. The Morgan fingerprint density at radius 2 is 1.71 bits per heavy atom. The van der Waals surface area contributed by atoms with Crippen molar-refractivity contribution in [1.29, 1.82) is 0 Å².